The summed E-state index contributed by atoms with van der Waals surface area (Å²) in [5.41, 5.74) is 2.23. The molecular formula is C31H33F2N5O3. The van der Waals surface area contributed by atoms with Gasteiger partial charge in [-0.2, -0.15) is 0 Å². The normalized spacial score (nSPS) is 16.1. The fraction of sp³-hybridized carbons (Fsp3) is 0.323. The number of halogens is 2. The highest BCUT2D eigenvalue weighted by molar-refractivity contribution is 6.07. The first kappa shape index (κ1) is 28.2. The van der Waals surface area contributed by atoms with E-state index in [0.717, 1.165) is 25.2 Å². The fourth-order valence-electron chi connectivity index (χ4n) is 5.24. The average molecular weight is 562 g/mol. The van der Waals surface area contributed by atoms with Gasteiger partial charge in [0.2, 0.25) is 0 Å². The number of rotatable bonds is 5. The van der Waals surface area contributed by atoms with Gasteiger partial charge in [-0.3, -0.25) is 14.4 Å². The third-order valence-electron chi connectivity index (χ3n) is 7.42. The van der Waals surface area contributed by atoms with Crippen LogP contribution in [0, 0.1) is 11.6 Å². The van der Waals surface area contributed by atoms with E-state index in [4.69, 9.17) is 0 Å². The number of hydrogen-bond acceptors (Lipinski definition) is 5. The maximum atomic E-state index is 13.7. The van der Waals surface area contributed by atoms with Gasteiger partial charge in [-0.15, -0.1) is 0 Å². The van der Waals surface area contributed by atoms with Crippen molar-refractivity contribution in [3.05, 3.63) is 95.1 Å². The summed E-state index contributed by atoms with van der Waals surface area (Å²) in [7, 11) is 0. The van der Waals surface area contributed by atoms with Crippen molar-refractivity contribution in [1.82, 2.24) is 15.1 Å². The van der Waals surface area contributed by atoms with Crippen LogP contribution >= 0.6 is 0 Å². The van der Waals surface area contributed by atoms with Crippen LogP contribution in [-0.2, 0) is 0 Å². The van der Waals surface area contributed by atoms with Crippen LogP contribution in [0.25, 0.3) is 0 Å². The minimum atomic E-state index is -0.458. The molecule has 2 aliphatic rings. The Morgan fingerprint density at radius 3 is 2.15 bits per heavy atom. The molecule has 2 aliphatic heterocycles. The summed E-state index contributed by atoms with van der Waals surface area (Å²) >= 11 is 0. The zero-order chi connectivity index (χ0) is 28.8. The summed E-state index contributed by atoms with van der Waals surface area (Å²) in [6.07, 6.45) is 1.52. The Balaban J connectivity index is 1.39. The number of amides is 3. The zero-order valence-corrected chi connectivity index (χ0v) is 22.7. The van der Waals surface area contributed by atoms with Crippen molar-refractivity contribution in [2.24, 2.45) is 0 Å². The van der Waals surface area contributed by atoms with E-state index >= 15 is 0 Å². The molecule has 3 aromatic rings. The third kappa shape index (κ3) is 6.89. The van der Waals surface area contributed by atoms with Crippen LogP contribution in [0.2, 0.25) is 0 Å². The predicted octanol–water partition coefficient (Wildman–Crippen LogP) is 4.01. The van der Waals surface area contributed by atoms with Crippen LogP contribution in [0.3, 0.4) is 0 Å². The zero-order valence-electron chi connectivity index (χ0n) is 22.7. The van der Waals surface area contributed by atoms with Gasteiger partial charge in [0, 0.05) is 62.5 Å². The number of nitrogens with one attached hydrogen (secondary N) is 2. The van der Waals surface area contributed by atoms with Crippen LogP contribution in [0.15, 0.2) is 66.7 Å². The van der Waals surface area contributed by atoms with Crippen molar-refractivity contribution in [3.63, 3.8) is 0 Å². The van der Waals surface area contributed by atoms with Crippen LogP contribution in [-0.4, -0.2) is 79.9 Å². The molecule has 10 heteroatoms. The molecule has 0 spiro atoms. The third-order valence-corrected chi connectivity index (χ3v) is 7.42. The van der Waals surface area contributed by atoms with E-state index in [0.29, 0.717) is 62.5 Å². The Morgan fingerprint density at radius 1 is 0.659 bits per heavy atom. The molecule has 8 nitrogen and oxygen atoms in total. The Labute approximate surface area is 237 Å². The molecule has 3 aromatic carbocycles. The molecule has 3 amide bonds. The lowest BCUT2D eigenvalue weighted by Crippen LogP contribution is -2.35. The van der Waals surface area contributed by atoms with E-state index in [1.54, 1.807) is 23.1 Å². The number of hydrogen-bond donors (Lipinski definition) is 2. The van der Waals surface area contributed by atoms with Gasteiger partial charge in [0.15, 0.2) is 0 Å². The first-order valence-corrected chi connectivity index (χ1v) is 13.9. The lowest BCUT2D eigenvalue weighted by Gasteiger charge is -2.27. The Bertz CT molecular complexity index is 1410. The first-order chi connectivity index (χ1) is 19.9. The van der Waals surface area contributed by atoms with Crippen molar-refractivity contribution in [3.8, 4) is 0 Å². The van der Waals surface area contributed by atoms with Gasteiger partial charge < -0.3 is 25.3 Å². The molecule has 0 aromatic heterocycles. The minimum Gasteiger partial charge on any atom is -0.368 e. The molecule has 2 fully saturated rings. The lowest BCUT2D eigenvalue weighted by molar-refractivity contribution is 0.0759. The second kappa shape index (κ2) is 12.9. The summed E-state index contributed by atoms with van der Waals surface area (Å²) in [5, 5.41) is 6.23. The number of nitrogens with zero attached hydrogens (tertiary/aromatic N) is 3. The standard InChI is InChI=1S/C31H33F2N5O3/c32-25-9-6-22(7-10-25)29(39)35-27-21-24(31(41)37-14-2-12-34-13-17-37)8-11-28(27)36-15-3-16-38(19-18-36)30(40)23-4-1-5-26(33)20-23/h1,4-11,20-21,34H,2-3,12-19H2,(H,35,39). The fourth-order valence-corrected chi connectivity index (χ4v) is 5.24. The van der Waals surface area contributed by atoms with Crippen molar-refractivity contribution >= 4 is 29.1 Å². The second-order valence-corrected chi connectivity index (χ2v) is 10.2. The maximum Gasteiger partial charge on any atom is 0.255 e. The van der Waals surface area contributed by atoms with Crippen molar-refractivity contribution in [2.45, 2.75) is 12.8 Å². The summed E-state index contributed by atoms with van der Waals surface area (Å²) in [5.74, 6) is -1.67. The Kier molecular flexibility index (Phi) is 8.88. The highest BCUT2D eigenvalue weighted by atomic mass is 19.1. The van der Waals surface area contributed by atoms with Gasteiger partial charge in [0.05, 0.1) is 11.4 Å². The van der Waals surface area contributed by atoms with Gasteiger partial charge >= 0.3 is 0 Å². The number of carbonyl (C=O) groups is 3. The predicted molar refractivity (Wildman–Crippen MR) is 153 cm³/mol. The molecule has 2 N–H and O–H groups in total. The summed E-state index contributed by atoms with van der Waals surface area (Å²) in [4.78, 5) is 45.2. The second-order valence-electron chi connectivity index (χ2n) is 10.2. The number of benzene rings is 3. The quantitative estimate of drug-likeness (QED) is 0.492. The molecule has 0 aliphatic carbocycles. The van der Waals surface area contributed by atoms with Gasteiger partial charge in [0.1, 0.15) is 11.6 Å². The Hall–Kier alpha value is -4.31. The largest absolute Gasteiger partial charge is 0.368 e. The molecule has 2 heterocycles. The number of carbonyl (C=O) groups excluding carboxylic acids is 3. The lowest BCUT2D eigenvalue weighted by atomic mass is 10.1. The molecular weight excluding hydrogens is 528 g/mol. The van der Waals surface area contributed by atoms with E-state index < -0.39 is 17.5 Å². The summed E-state index contributed by atoms with van der Waals surface area (Å²) < 4.78 is 27.2. The highest BCUT2D eigenvalue weighted by Crippen LogP contribution is 2.30. The SMILES string of the molecule is O=C(Nc1cc(C(=O)N2CCCNCC2)ccc1N1CCCN(C(=O)c2cccc(F)c2)CC1)c1ccc(F)cc1. The molecule has 41 heavy (non-hydrogen) atoms. The van der Waals surface area contributed by atoms with Crippen molar-refractivity contribution in [1.29, 1.82) is 0 Å². The molecule has 214 valence electrons. The van der Waals surface area contributed by atoms with E-state index in [-0.39, 0.29) is 17.4 Å². The van der Waals surface area contributed by atoms with E-state index in [1.807, 2.05) is 11.0 Å². The molecule has 0 unspecified atom stereocenters. The monoisotopic (exact) mass is 561 g/mol. The molecule has 0 saturated carbocycles. The molecule has 0 radical (unpaired) electrons. The summed E-state index contributed by atoms with van der Waals surface area (Å²) in [6, 6.07) is 16.2. The topological polar surface area (TPSA) is 85.0 Å². The Morgan fingerprint density at radius 2 is 1.37 bits per heavy atom. The minimum absolute atomic E-state index is 0.111. The van der Waals surface area contributed by atoms with E-state index in [1.165, 1.54) is 42.5 Å². The van der Waals surface area contributed by atoms with Gasteiger partial charge in [0.25, 0.3) is 17.7 Å². The van der Waals surface area contributed by atoms with Crippen LogP contribution in [0.4, 0.5) is 20.2 Å². The first-order valence-electron chi connectivity index (χ1n) is 13.9. The van der Waals surface area contributed by atoms with Crippen LogP contribution in [0.5, 0.6) is 0 Å². The van der Waals surface area contributed by atoms with Crippen molar-refractivity contribution < 1.29 is 23.2 Å². The molecule has 0 bridgehead atoms. The van der Waals surface area contributed by atoms with Gasteiger partial charge in [-0.05, 0) is 80.1 Å². The van der Waals surface area contributed by atoms with Gasteiger partial charge in [-0.1, -0.05) is 6.07 Å². The van der Waals surface area contributed by atoms with Crippen LogP contribution < -0.4 is 15.5 Å². The average Bonchev–Trinajstić information content (AvgIpc) is 3.41. The van der Waals surface area contributed by atoms with Gasteiger partial charge in [-0.25, -0.2) is 8.78 Å². The maximum absolute atomic E-state index is 13.7. The van der Waals surface area contributed by atoms with E-state index in [2.05, 4.69) is 15.5 Å². The van der Waals surface area contributed by atoms with E-state index in [9.17, 15) is 23.2 Å². The highest BCUT2D eigenvalue weighted by Gasteiger charge is 2.24. The molecule has 5 rings (SSSR count). The summed E-state index contributed by atoms with van der Waals surface area (Å²) in [6.45, 7) is 4.81. The number of anilines is 2. The van der Waals surface area contributed by atoms with Crippen molar-refractivity contribution in [2.75, 3.05) is 62.6 Å². The molecule has 0 atom stereocenters. The molecule has 2 saturated heterocycles. The van der Waals surface area contributed by atoms with Crippen LogP contribution in [0.1, 0.15) is 43.9 Å². The smallest absolute Gasteiger partial charge is 0.255 e.